The molecule has 1 amide bonds. The summed E-state index contributed by atoms with van der Waals surface area (Å²) in [4.78, 5) is 15.3. The molecular formula is C30H29NO3. The number of aryl methyl sites for hydroxylation is 2. The van der Waals surface area contributed by atoms with Crippen molar-refractivity contribution >= 4 is 6.09 Å². The molecule has 3 aromatic rings. The van der Waals surface area contributed by atoms with E-state index in [9.17, 15) is 9.90 Å². The van der Waals surface area contributed by atoms with Crippen LogP contribution in [0.15, 0.2) is 66.7 Å². The summed E-state index contributed by atoms with van der Waals surface area (Å²) in [5.74, 6) is 0.0678. The molecule has 2 heterocycles. The van der Waals surface area contributed by atoms with Gasteiger partial charge in [-0.2, -0.15) is 0 Å². The molecule has 1 N–H and O–H groups in total. The van der Waals surface area contributed by atoms with Crippen LogP contribution < -0.4 is 0 Å². The Morgan fingerprint density at radius 2 is 1.50 bits per heavy atom. The lowest BCUT2D eigenvalue weighted by Gasteiger charge is -2.44. The molecule has 4 aliphatic rings. The highest BCUT2D eigenvalue weighted by molar-refractivity contribution is 5.79. The lowest BCUT2D eigenvalue weighted by Crippen LogP contribution is -2.52. The molecule has 2 atom stereocenters. The highest BCUT2D eigenvalue weighted by Gasteiger charge is 2.51. The molecule has 0 saturated carbocycles. The van der Waals surface area contributed by atoms with Crippen molar-refractivity contribution in [1.29, 1.82) is 0 Å². The summed E-state index contributed by atoms with van der Waals surface area (Å²) in [6, 6.07) is 23.4. The molecule has 0 radical (unpaired) electrons. The molecule has 3 aromatic carbocycles. The Balaban J connectivity index is 1.08. The fourth-order valence-corrected chi connectivity index (χ4v) is 6.91. The minimum Gasteiger partial charge on any atom is -0.448 e. The molecule has 2 unspecified atom stereocenters. The number of fused-ring (bicyclic) bond motifs is 6. The SMILES string of the molecule is O=C(OCC1c2ccccc2-c2ccccc21)N1C2CCC1CC(O)(c1ccc3c(c1)CC3)C2. The van der Waals surface area contributed by atoms with Gasteiger partial charge >= 0.3 is 6.09 Å². The summed E-state index contributed by atoms with van der Waals surface area (Å²) in [6.07, 6.45) is 5.07. The molecule has 4 nitrogen and oxygen atoms in total. The first-order chi connectivity index (χ1) is 16.6. The molecule has 172 valence electrons. The third kappa shape index (κ3) is 2.98. The van der Waals surface area contributed by atoms with Gasteiger partial charge in [-0.3, -0.25) is 0 Å². The molecule has 4 heteroatoms. The number of carbonyl (C=O) groups is 1. The molecule has 2 bridgehead atoms. The topological polar surface area (TPSA) is 49.8 Å². The first-order valence-electron chi connectivity index (χ1n) is 12.6. The lowest BCUT2D eigenvalue weighted by molar-refractivity contribution is -0.0532. The summed E-state index contributed by atoms with van der Waals surface area (Å²) >= 11 is 0. The van der Waals surface area contributed by atoms with Gasteiger partial charge in [0, 0.05) is 30.8 Å². The Labute approximate surface area is 200 Å². The van der Waals surface area contributed by atoms with E-state index < -0.39 is 5.60 Å². The van der Waals surface area contributed by atoms with Gasteiger partial charge in [0.05, 0.1) is 5.60 Å². The zero-order valence-electron chi connectivity index (χ0n) is 19.2. The lowest BCUT2D eigenvalue weighted by atomic mass is 9.77. The zero-order chi connectivity index (χ0) is 22.9. The molecule has 34 heavy (non-hydrogen) atoms. The Morgan fingerprint density at radius 1 is 0.882 bits per heavy atom. The van der Waals surface area contributed by atoms with Gasteiger partial charge in [-0.15, -0.1) is 0 Å². The largest absolute Gasteiger partial charge is 0.448 e. The third-order valence-electron chi connectivity index (χ3n) is 8.72. The number of ether oxygens (including phenoxy) is 1. The van der Waals surface area contributed by atoms with E-state index in [1.807, 2.05) is 4.90 Å². The first kappa shape index (κ1) is 20.3. The van der Waals surface area contributed by atoms with Crippen LogP contribution in [-0.2, 0) is 23.2 Å². The smallest absolute Gasteiger partial charge is 0.410 e. The van der Waals surface area contributed by atoms with Gasteiger partial charge in [0.25, 0.3) is 0 Å². The van der Waals surface area contributed by atoms with E-state index in [4.69, 9.17) is 4.74 Å². The van der Waals surface area contributed by atoms with Crippen molar-refractivity contribution in [3.8, 4) is 11.1 Å². The standard InChI is InChI=1S/C30H29NO3/c32-29(34-18-28-26-7-3-1-5-24(26)25-6-2-4-8-27(25)28)31-22-13-14-23(31)17-30(33,16-22)21-12-11-19-9-10-20(19)15-21/h1-8,11-12,15,22-23,28,33H,9-10,13-14,16-18H2. The number of hydrogen-bond donors (Lipinski definition) is 1. The van der Waals surface area contributed by atoms with Crippen LogP contribution in [0.25, 0.3) is 11.1 Å². The number of piperidine rings is 1. The number of aliphatic hydroxyl groups is 1. The number of carbonyl (C=O) groups excluding carboxylic acids is 1. The van der Waals surface area contributed by atoms with Crippen LogP contribution in [0.2, 0.25) is 0 Å². The Bertz CT molecular complexity index is 1240. The van der Waals surface area contributed by atoms with Crippen LogP contribution in [0.3, 0.4) is 0 Å². The van der Waals surface area contributed by atoms with Gasteiger partial charge in [0.1, 0.15) is 6.61 Å². The molecule has 2 saturated heterocycles. The number of benzene rings is 3. The van der Waals surface area contributed by atoms with Gasteiger partial charge in [-0.05, 0) is 64.6 Å². The van der Waals surface area contributed by atoms with Crippen LogP contribution in [0, 0.1) is 0 Å². The minimum atomic E-state index is -0.851. The van der Waals surface area contributed by atoms with Crippen LogP contribution >= 0.6 is 0 Å². The Kier molecular flexibility index (Phi) is 4.44. The number of hydrogen-bond acceptors (Lipinski definition) is 3. The molecule has 7 rings (SSSR count). The van der Waals surface area contributed by atoms with E-state index >= 15 is 0 Å². The normalized spacial score (nSPS) is 26.4. The quantitative estimate of drug-likeness (QED) is 0.568. The second-order valence-electron chi connectivity index (χ2n) is 10.5. The van der Waals surface area contributed by atoms with Gasteiger partial charge < -0.3 is 14.7 Å². The van der Waals surface area contributed by atoms with Crippen molar-refractivity contribution in [2.45, 2.75) is 62.1 Å². The fourth-order valence-electron chi connectivity index (χ4n) is 6.91. The van der Waals surface area contributed by atoms with Crippen molar-refractivity contribution in [2.24, 2.45) is 0 Å². The summed E-state index contributed by atoms with van der Waals surface area (Å²) in [6.45, 7) is 0.345. The van der Waals surface area contributed by atoms with Gasteiger partial charge in [-0.1, -0.05) is 66.7 Å². The van der Waals surface area contributed by atoms with E-state index in [0.717, 1.165) is 31.2 Å². The highest BCUT2D eigenvalue weighted by Crippen LogP contribution is 2.48. The second kappa shape index (κ2) is 7.44. The van der Waals surface area contributed by atoms with Gasteiger partial charge in [-0.25, -0.2) is 4.79 Å². The molecule has 0 spiro atoms. The molecule has 2 fully saturated rings. The van der Waals surface area contributed by atoms with Crippen LogP contribution in [0.4, 0.5) is 4.79 Å². The van der Waals surface area contributed by atoms with Gasteiger partial charge in [0.15, 0.2) is 0 Å². The van der Waals surface area contributed by atoms with Crippen molar-refractivity contribution in [2.75, 3.05) is 6.61 Å². The Morgan fingerprint density at radius 3 is 2.09 bits per heavy atom. The number of amides is 1. The van der Waals surface area contributed by atoms with E-state index in [1.54, 1.807) is 0 Å². The van der Waals surface area contributed by atoms with Crippen molar-refractivity contribution in [3.05, 3.63) is 94.5 Å². The molecule has 0 aromatic heterocycles. The zero-order valence-corrected chi connectivity index (χ0v) is 19.2. The summed E-state index contributed by atoms with van der Waals surface area (Å²) in [7, 11) is 0. The Hall–Kier alpha value is -3.11. The first-order valence-corrected chi connectivity index (χ1v) is 12.6. The summed E-state index contributed by atoms with van der Waals surface area (Å²) in [5, 5.41) is 11.6. The van der Waals surface area contributed by atoms with E-state index in [2.05, 4.69) is 66.7 Å². The number of rotatable bonds is 3. The van der Waals surface area contributed by atoms with E-state index in [-0.39, 0.29) is 24.1 Å². The van der Waals surface area contributed by atoms with Crippen LogP contribution in [-0.4, -0.2) is 34.8 Å². The monoisotopic (exact) mass is 451 g/mol. The summed E-state index contributed by atoms with van der Waals surface area (Å²) < 4.78 is 5.98. The maximum Gasteiger partial charge on any atom is 0.410 e. The predicted octanol–water partition coefficient (Wildman–Crippen LogP) is 5.55. The molecule has 2 aliphatic carbocycles. The average molecular weight is 452 g/mol. The van der Waals surface area contributed by atoms with E-state index in [0.29, 0.717) is 19.4 Å². The molecule has 2 aliphatic heterocycles. The fraction of sp³-hybridized carbons (Fsp3) is 0.367. The maximum absolute atomic E-state index is 13.3. The van der Waals surface area contributed by atoms with Crippen LogP contribution in [0.1, 0.15) is 59.4 Å². The maximum atomic E-state index is 13.3. The predicted molar refractivity (Wildman–Crippen MR) is 131 cm³/mol. The van der Waals surface area contributed by atoms with Crippen molar-refractivity contribution in [1.82, 2.24) is 4.90 Å². The number of nitrogens with zero attached hydrogens (tertiary/aromatic N) is 1. The third-order valence-corrected chi connectivity index (χ3v) is 8.72. The molecular weight excluding hydrogens is 422 g/mol. The summed E-state index contributed by atoms with van der Waals surface area (Å²) in [5.41, 5.74) is 7.89. The van der Waals surface area contributed by atoms with Crippen molar-refractivity contribution < 1.29 is 14.6 Å². The van der Waals surface area contributed by atoms with E-state index in [1.165, 1.54) is 33.4 Å². The minimum absolute atomic E-state index is 0.0328. The van der Waals surface area contributed by atoms with Gasteiger partial charge in [0.2, 0.25) is 0 Å². The van der Waals surface area contributed by atoms with Crippen LogP contribution in [0.5, 0.6) is 0 Å². The average Bonchev–Trinajstić information content (AvgIpc) is 3.30. The highest BCUT2D eigenvalue weighted by atomic mass is 16.6. The van der Waals surface area contributed by atoms with Crippen molar-refractivity contribution in [3.63, 3.8) is 0 Å². The second-order valence-corrected chi connectivity index (χ2v) is 10.5.